The number of H-pyrrole nitrogens is 1. The SMILES string of the molecule is CCOc1cc(-c2nc(SC)[nH]c(=O)c2C#N)cc(Br)c1OCC(=O)O. The van der Waals surface area contributed by atoms with E-state index in [1.165, 1.54) is 11.8 Å². The van der Waals surface area contributed by atoms with Crippen molar-refractivity contribution in [3.8, 4) is 28.8 Å². The number of nitrogens with zero attached hydrogens (tertiary/aromatic N) is 2. The smallest absolute Gasteiger partial charge is 0.341 e. The third-order valence-electron chi connectivity index (χ3n) is 3.13. The summed E-state index contributed by atoms with van der Waals surface area (Å²) in [6, 6.07) is 5.00. The summed E-state index contributed by atoms with van der Waals surface area (Å²) >= 11 is 4.55. The summed E-state index contributed by atoms with van der Waals surface area (Å²) in [6.07, 6.45) is 1.75. The van der Waals surface area contributed by atoms with Gasteiger partial charge in [-0.3, -0.25) is 4.79 Å². The highest BCUT2D eigenvalue weighted by molar-refractivity contribution is 9.10. The van der Waals surface area contributed by atoms with E-state index in [1.807, 2.05) is 6.07 Å². The molecule has 0 fully saturated rings. The number of aliphatic carboxylic acids is 1. The molecule has 8 nitrogen and oxygen atoms in total. The molecule has 0 saturated carbocycles. The first kappa shape index (κ1) is 19.8. The van der Waals surface area contributed by atoms with Gasteiger partial charge in [0.05, 0.1) is 16.8 Å². The number of ether oxygens (including phenoxy) is 2. The summed E-state index contributed by atoms with van der Waals surface area (Å²) < 4.78 is 11.2. The maximum Gasteiger partial charge on any atom is 0.341 e. The molecule has 0 aliphatic carbocycles. The van der Waals surface area contributed by atoms with Crippen molar-refractivity contribution in [3.05, 3.63) is 32.5 Å². The van der Waals surface area contributed by atoms with Crippen LogP contribution in [0, 0.1) is 11.3 Å². The maximum absolute atomic E-state index is 12.1. The monoisotopic (exact) mass is 439 g/mol. The highest BCUT2D eigenvalue weighted by atomic mass is 79.9. The summed E-state index contributed by atoms with van der Waals surface area (Å²) in [6.45, 7) is 1.53. The van der Waals surface area contributed by atoms with E-state index in [2.05, 4.69) is 25.9 Å². The van der Waals surface area contributed by atoms with Gasteiger partial charge in [-0.2, -0.15) is 5.26 Å². The van der Waals surface area contributed by atoms with Crippen LogP contribution in [-0.4, -0.2) is 40.5 Å². The lowest BCUT2D eigenvalue weighted by atomic mass is 10.1. The second-order valence-corrected chi connectivity index (χ2v) is 6.46. The summed E-state index contributed by atoms with van der Waals surface area (Å²) in [5.74, 6) is -0.641. The van der Waals surface area contributed by atoms with Crippen molar-refractivity contribution >= 4 is 33.7 Å². The summed E-state index contributed by atoms with van der Waals surface area (Å²) in [5, 5.41) is 18.5. The van der Waals surface area contributed by atoms with E-state index in [0.29, 0.717) is 21.8 Å². The Balaban J connectivity index is 2.65. The fourth-order valence-electron chi connectivity index (χ4n) is 2.10. The third-order valence-corrected chi connectivity index (χ3v) is 4.29. The number of hydrogen-bond acceptors (Lipinski definition) is 7. The molecule has 0 radical (unpaired) electrons. The zero-order valence-electron chi connectivity index (χ0n) is 13.8. The second-order valence-electron chi connectivity index (χ2n) is 4.81. The second kappa shape index (κ2) is 8.73. The largest absolute Gasteiger partial charge is 0.490 e. The van der Waals surface area contributed by atoms with Gasteiger partial charge in [0.15, 0.2) is 23.3 Å². The molecule has 1 aromatic carbocycles. The zero-order chi connectivity index (χ0) is 19.3. The first-order valence-corrected chi connectivity index (χ1v) is 9.32. The predicted molar refractivity (Wildman–Crippen MR) is 98.8 cm³/mol. The van der Waals surface area contributed by atoms with Gasteiger partial charge in [0.1, 0.15) is 11.6 Å². The zero-order valence-corrected chi connectivity index (χ0v) is 16.2. The van der Waals surface area contributed by atoms with E-state index in [-0.39, 0.29) is 22.8 Å². The number of carboxylic acid groups (broad SMARTS) is 1. The first-order chi connectivity index (χ1) is 12.4. The van der Waals surface area contributed by atoms with Gasteiger partial charge in [-0.05, 0) is 41.2 Å². The fourth-order valence-corrected chi connectivity index (χ4v) is 3.04. The minimum absolute atomic E-state index is 0.128. The van der Waals surface area contributed by atoms with Crippen LogP contribution in [0.1, 0.15) is 12.5 Å². The predicted octanol–water partition coefficient (Wildman–Crippen LogP) is 2.66. The molecule has 136 valence electrons. The van der Waals surface area contributed by atoms with Crippen LogP contribution in [-0.2, 0) is 4.79 Å². The van der Waals surface area contributed by atoms with Crippen LogP contribution in [0.5, 0.6) is 11.5 Å². The number of nitriles is 1. The number of halogens is 1. The van der Waals surface area contributed by atoms with Gasteiger partial charge in [-0.15, -0.1) is 0 Å². The Kier molecular flexibility index (Phi) is 6.65. The van der Waals surface area contributed by atoms with Gasteiger partial charge >= 0.3 is 5.97 Å². The molecule has 1 heterocycles. The molecule has 2 aromatic rings. The van der Waals surface area contributed by atoms with Crippen molar-refractivity contribution in [1.29, 1.82) is 5.26 Å². The molecular weight excluding hydrogens is 426 g/mol. The molecule has 0 aliphatic rings. The van der Waals surface area contributed by atoms with E-state index >= 15 is 0 Å². The molecule has 0 atom stereocenters. The quantitative estimate of drug-likeness (QED) is 0.497. The minimum atomic E-state index is -1.13. The number of carboxylic acids is 1. The molecule has 2 N–H and O–H groups in total. The Morgan fingerprint density at radius 1 is 1.46 bits per heavy atom. The number of hydrogen-bond donors (Lipinski definition) is 2. The van der Waals surface area contributed by atoms with Crippen LogP contribution in [0.4, 0.5) is 0 Å². The number of carbonyl (C=O) groups is 1. The molecule has 26 heavy (non-hydrogen) atoms. The number of nitrogens with one attached hydrogen (secondary N) is 1. The number of aromatic amines is 1. The maximum atomic E-state index is 12.1. The molecule has 0 unspecified atom stereocenters. The Labute approximate surface area is 161 Å². The average Bonchev–Trinajstić information content (AvgIpc) is 2.60. The van der Waals surface area contributed by atoms with Crippen LogP contribution in [0.25, 0.3) is 11.3 Å². The third kappa shape index (κ3) is 4.36. The fraction of sp³-hybridized carbons (Fsp3) is 0.250. The van der Waals surface area contributed by atoms with Crippen LogP contribution >= 0.6 is 27.7 Å². The van der Waals surface area contributed by atoms with Gasteiger partial charge < -0.3 is 19.6 Å². The summed E-state index contributed by atoms with van der Waals surface area (Å²) in [5.41, 5.74) is -0.00789. The Morgan fingerprint density at radius 3 is 2.77 bits per heavy atom. The van der Waals surface area contributed by atoms with E-state index in [9.17, 15) is 14.9 Å². The standard InChI is InChI=1S/C16H14BrN3O5S/c1-3-24-11-5-8(4-10(17)14(11)25-7-12(21)22)13-9(6-18)15(23)20-16(19-13)26-2/h4-5H,3,7H2,1-2H3,(H,21,22)(H,19,20,23). The number of benzene rings is 1. The van der Waals surface area contributed by atoms with E-state index in [0.717, 1.165) is 0 Å². The lowest BCUT2D eigenvalue weighted by Gasteiger charge is -2.15. The van der Waals surface area contributed by atoms with Crippen LogP contribution in [0.2, 0.25) is 0 Å². The Morgan fingerprint density at radius 2 is 2.19 bits per heavy atom. The van der Waals surface area contributed by atoms with Crippen molar-refractivity contribution in [2.24, 2.45) is 0 Å². The van der Waals surface area contributed by atoms with E-state index in [4.69, 9.17) is 14.6 Å². The Bertz CT molecular complexity index is 939. The first-order valence-electron chi connectivity index (χ1n) is 7.30. The molecule has 0 amide bonds. The number of aromatic nitrogens is 2. The number of rotatable bonds is 7. The molecule has 2 rings (SSSR count). The van der Waals surface area contributed by atoms with Crippen molar-refractivity contribution in [1.82, 2.24) is 9.97 Å². The van der Waals surface area contributed by atoms with Gasteiger partial charge in [0.25, 0.3) is 5.56 Å². The van der Waals surface area contributed by atoms with Crippen molar-refractivity contribution < 1.29 is 19.4 Å². The highest BCUT2D eigenvalue weighted by Crippen LogP contribution is 2.40. The molecule has 0 saturated heterocycles. The highest BCUT2D eigenvalue weighted by Gasteiger charge is 2.19. The molecule has 0 bridgehead atoms. The van der Waals surface area contributed by atoms with Gasteiger partial charge in [0, 0.05) is 5.56 Å². The molecule has 0 aliphatic heterocycles. The van der Waals surface area contributed by atoms with Gasteiger partial charge in [-0.25, -0.2) is 9.78 Å². The minimum Gasteiger partial charge on any atom is -0.490 e. The Hall–Kier alpha value is -2.51. The lowest BCUT2D eigenvalue weighted by Crippen LogP contribution is -2.15. The van der Waals surface area contributed by atoms with Crippen LogP contribution in [0.3, 0.4) is 0 Å². The molecule has 1 aromatic heterocycles. The molecular formula is C16H14BrN3O5S. The van der Waals surface area contributed by atoms with E-state index in [1.54, 1.807) is 25.3 Å². The van der Waals surface area contributed by atoms with Gasteiger partial charge in [-0.1, -0.05) is 11.8 Å². The average molecular weight is 440 g/mol. The number of thioether (sulfide) groups is 1. The molecule has 10 heteroatoms. The summed E-state index contributed by atoms with van der Waals surface area (Å²) in [4.78, 5) is 29.7. The summed E-state index contributed by atoms with van der Waals surface area (Å²) in [7, 11) is 0. The van der Waals surface area contributed by atoms with E-state index < -0.39 is 18.1 Å². The molecule has 0 spiro atoms. The topological polar surface area (TPSA) is 125 Å². The van der Waals surface area contributed by atoms with Crippen molar-refractivity contribution in [3.63, 3.8) is 0 Å². The van der Waals surface area contributed by atoms with Crippen LogP contribution < -0.4 is 15.0 Å². The van der Waals surface area contributed by atoms with Gasteiger partial charge in [0.2, 0.25) is 0 Å². The van der Waals surface area contributed by atoms with Crippen molar-refractivity contribution in [2.75, 3.05) is 19.5 Å². The normalized spacial score (nSPS) is 10.2. The van der Waals surface area contributed by atoms with Crippen LogP contribution in [0.15, 0.2) is 26.6 Å². The van der Waals surface area contributed by atoms with Crippen molar-refractivity contribution in [2.45, 2.75) is 12.1 Å². The lowest BCUT2D eigenvalue weighted by molar-refractivity contribution is -0.139.